The summed E-state index contributed by atoms with van der Waals surface area (Å²) in [6.45, 7) is 4.79. The number of pyridine rings is 2. The van der Waals surface area contributed by atoms with Crippen LogP contribution in [0.2, 0.25) is 0 Å². The number of aryl methyl sites for hydroxylation is 1. The normalized spacial score (nSPS) is 14.3. The minimum Gasteiger partial charge on any atom is -0.360 e. The first-order valence-corrected chi connectivity index (χ1v) is 8.64. The van der Waals surface area contributed by atoms with E-state index < -0.39 is 0 Å². The molecule has 6 nitrogen and oxygen atoms in total. The summed E-state index contributed by atoms with van der Waals surface area (Å²) in [4.78, 5) is 33.9. The molecule has 0 saturated carbocycles. The highest BCUT2D eigenvalue weighted by molar-refractivity contribution is 5.92. The molecule has 3 rings (SSSR count). The van der Waals surface area contributed by atoms with Crippen LogP contribution in [-0.2, 0) is 9.59 Å². The molecule has 0 unspecified atom stereocenters. The molecule has 0 fully saturated rings. The standard InChI is InChI=1S/C20H22N4O2/c1-14-8-17(10-21-9-14)16-5-6-19(22-11-16)23-20(26)12-24-7-3-4-15(2)18(24)13-25/h5-6,8-11,13H,3-4,7,12H2,1-2H3,(H,22,23,26). The number of allylic oxidation sites excluding steroid dienone is 2. The van der Waals surface area contributed by atoms with Gasteiger partial charge in [0, 0.05) is 36.3 Å². The molecule has 0 spiro atoms. The third kappa shape index (κ3) is 4.14. The monoisotopic (exact) mass is 350 g/mol. The largest absolute Gasteiger partial charge is 0.360 e. The zero-order valence-corrected chi connectivity index (χ0v) is 15.0. The summed E-state index contributed by atoms with van der Waals surface area (Å²) in [5, 5.41) is 2.79. The Labute approximate surface area is 153 Å². The molecule has 1 aliphatic heterocycles. The van der Waals surface area contributed by atoms with Crippen molar-refractivity contribution in [3.05, 3.63) is 53.6 Å². The van der Waals surface area contributed by atoms with Gasteiger partial charge in [0.15, 0.2) is 6.29 Å². The molecule has 2 aromatic heterocycles. The first kappa shape index (κ1) is 17.8. The molecule has 2 aromatic rings. The van der Waals surface area contributed by atoms with E-state index in [2.05, 4.69) is 15.3 Å². The van der Waals surface area contributed by atoms with Crippen molar-refractivity contribution in [1.82, 2.24) is 14.9 Å². The molecule has 1 amide bonds. The fraction of sp³-hybridized carbons (Fsp3) is 0.300. The summed E-state index contributed by atoms with van der Waals surface area (Å²) in [6, 6.07) is 5.71. The average molecular weight is 350 g/mol. The van der Waals surface area contributed by atoms with Gasteiger partial charge in [-0.15, -0.1) is 0 Å². The van der Waals surface area contributed by atoms with Gasteiger partial charge in [-0.1, -0.05) is 0 Å². The van der Waals surface area contributed by atoms with Crippen LogP contribution in [0.4, 0.5) is 5.82 Å². The molecular formula is C20H22N4O2. The summed E-state index contributed by atoms with van der Waals surface area (Å²) in [5.41, 5.74) is 4.67. The van der Waals surface area contributed by atoms with Gasteiger partial charge in [0.1, 0.15) is 5.82 Å². The van der Waals surface area contributed by atoms with Gasteiger partial charge < -0.3 is 10.2 Å². The summed E-state index contributed by atoms with van der Waals surface area (Å²) in [5.74, 6) is 0.307. The first-order chi connectivity index (χ1) is 12.6. The second kappa shape index (κ2) is 7.91. The number of carbonyl (C=O) groups is 2. The van der Waals surface area contributed by atoms with Crippen molar-refractivity contribution >= 4 is 18.0 Å². The highest BCUT2D eigenvalue weighted by Crippen LogP contribution is 2.21. The quantitative estimate of drug-likeness (QED) is 0.839. The van der Waals surface area contributed by atoms with E-state index in [9.17, 15) is 9.59 Å². The predicted molar refractivity (Wildman–Crippen MR) is 100 cm³/mol. The molecular weight excluding hydrogens is 328 g/mol. The third-order valence-corrected chi connectivity index (χ3v) is 4.44. The maximum atomic E-state index is 12.3. The number of amides is 1. The predicted octanol–water partition coefficient (Wildman–Crippen LogP) is 2.96. The molecule has 0 aliphatic carbocycles. The zero-order valence-electron chi connectivity index (χ0n) is 15.0. The summed E-state index contributed by atoms with van der Waals surface area (Å²) in [7, 11) is 0. The van der Waals surface area contributed by atoms with Crippen molar-refractivity contribution in [2.45, 2.75) is 26.7 Å². The lowest BCUT2D eigenvalue weighted by atomic mass is 10.0. The maximum absolute atomic E-state index is 12.3. The smallest absolute Gasteiger partial charge is 0.245 e. The Morgan fingerprint density at radius 3 is 2.77 bits per heavy atom. The minimum atomic E-state index is -0.184. The first-order valence-electron chi connectivity index (χ1n) is 8.64. The van der Waals surface area contributed by atoms with Crippen LogP contribution >= 0.6 is 0 Å². The van der Waals surface area contributed by atoms with Crippen molar-refractivity contribution in [2.75, 3.05) is 18.4 Å². The van der Waals surface area contributed by atoms with Gasteiger partial charge in [0.25, 0.3) is 0 Å². The number of hydrogen-bond donors (Lipinski definition) is 1. The van der Waals surface area contributed by atoms with Gasteiger partial charge in [-0.3, -0.25) is 14.6 Å². The number of carbonyl (C=O) groups excluding carboxylic acids is 2. The Morgan fingerprint density at radius 1 is 1.23 bits per heavy atom. The Balaban J connectivity index is 1.65. The zero-order chi connectivity index (χ0) is 18.5. The summed E-state index contributed by atoms with van der Waals surface area (Å²) in [6.07, 6.45) is 8.00. The molecule has 0 bridgehead atoms. The third-order valence-electron chi connectivity index (χ3n) is 4.44. The van der Waals surface area contributed by atoms with Gasteiger partial charge in [0.2, 0.25) is 5.91 Å². The Hall–Kier alpha value is -3.02. The van der Waals surface area contributed by atoms with Crippen LogP contribution in [0.3, 0.4) is 0 Å². The van der Waals surface area contributed by atoms with E-state index in [-0.39, 0.29) is 12.5 Å². The fourth-order valence-corrected chi connectivity index (χ4v) is 3.10. The van der Waals surface area contributed by atoms with Crippen molar-refractivity contribution in [2.24, 2.45) is 0 Å². The molecule has 0 atom stereocenters. The van der Waals surface area contributed by atoms with E-state index in [1.54, 1.807) is 24.7 Å². The van der Waals surface area contributed by atoms with Crippen molar-refractivity contribution in [3.8, 4) is 11.1 Å². The van der Waals surface area contributed by atoms with E-state index in [4.69, 9.17) is 0 Å². The van der Waals surface area contributed by atoms with Crippen LogP contribution < -0.4 is 5.32 Å². The number of aldehydes is 1. The molecule has 1 N–H and O–H groups in total. The van der Waals surface area contributed by atoms with Gasteiger partial charge >= 0.3 is 0 Å². The second-order valence-corrected chi connectivity index (χ2v) is 6.54. The minimum absolute atomic E-state index is 0.149. The summed E-state index contributed by atoms with van der Waals surface area (Å²) >= 11 is 0. The molecule has 134 valence electrons. The second-order valence-electron chi connectivity index (χ2n) is 6.54. The van der Waals surface area contributed by atoms with Gasteiger partial charge in [-0.05, 0) is 56.0 Å². The molecule has 6 heteroatoms. The number of nitrogens with one attached hydrogen (secondary N) is 1. The SMILES string of the molecule is CC1=C(C=O)N(CC(=O)Nc2ccc(-c3cncc(C)c3)cn2)CCC1. The summed E-state index contributed by atoms with van der Waals surface area (Å²) < 4.78 is 0. The lowest BCUT2D eigenvalue weighted by Crippen LogP contribution is -2.36. The highest BCUT2D eigenvalue weighted by atomic mass is 16.2. The molecule has 3 heterocycles. The van der Waals surface area contributed by atoms with Crippen molar-refractivity contribution in [1.29, 1.82) is 0 Å². The number of hydrogen-bond acceptors (Lipinski definition) is 5. The van der Waals surface area contributed by atoms with E-state index in [0.717, 1.165) is 41.4 Å². The number of anilines is 1. The number of rotatable bonds is 5. The lowest BCUT2D eigenvalue weighted by molar-refractivity contribution is -0.117. The Bertz CT molecular complexity index is 843. The molecule has 0 radical (unpaired) electrons. The van der Waals surface area contributed by atoms with Crippen molar-refractivity contribution in [3.63, 3.8) is 0 Å². The van der Waals surface area contributed by atoms with E-state index in [1.807, 2.05) is 30.9 Å². The average Bonchev–Trinajstić information content (AvgIpc) is 2.62. The van der Waals surface area contributed by atoms with Crippen LogP contribution in [0.1, 0.15) is 25.3 Å². The molecule has 26 heavy (non-hydrogen) atoms. The number of aromatic nitrogens is 2. The van der Waals surface area contributed by atoms with Crippen LogP contribution in [0.5, 0.6) is 0 Å². The van der Waals surface area contributed by atoms with Crippen molar-refractivity contribution < 1.29 is 9.59 Å². The van der Waals surface area contributed by atoms with Crippen LogP contribution in [0, 0.1) is 6.92 Å². The highest BCUT2D eigenvalue weighted by Gasteiger charge is 2.19. The molecule has 0 saturated heterocycles. The van der Waals surface area contributed by atoms with Crippen LogP contribution in [0.15, 0.2) is 48.1 Å². The van der Waals surface area contributed by atoms with Gasteiger partial charge in [0.05, 0.1) is 12.2 Å². The molecule has 0 aromatic carbocycles. The van der Waals surface area contributed by atoms with Crippen LogP contribution in [0.25, 0.3) is 11.1 Å². The fourth-order valence-electron chi connectivity index (χ4n) is 3.10. The topological polar surface area (TPSA) is 75.2 Å². The molecule has 1 aliphatic rings. The Morgan fingerprint density at radius 2 is 2.08 bits per heavy atom. The van der Waals surface area contributed by atoms with E-state index in [0.29, 0.717) is 18.1 Å². The van der Waals surface area contributed by atoms with Crippen LogP contribution in [-0.4, -0.2) is 40.2 Å². The Kier molecular flexibility index (Phi) is 5.41. The van der Waals surface area contributed by atoms with E-state index >= 15 is 0 Å². The number of nitrogens with zero attached hydrogens (tertiary/aromatic N) is 3. The van der Waals surface area contributed by atoms with Gasteiger partial charge in [-0.25, -0.2) is 4.98 Å². The lowest BCUT2D eigenvalue weighted by Gasteiger charge is -2.29. The maximum Gasteiger partial charge on any atom is 0.245 e. The van der Waals surface area contributed by atoms with Gasteiger partial charge in [-0.2, -0.15) is 0 Å². The van der Waals surface area contributed by atoms with E-state index in [1.165, 1.54) is 0 Å².